The van der Waals surface area contributed by atoms with Gasteiger partial charge in [0, 0.05) is 0 Å². The molecule has 0 aromatic heterocycles. The third-order valence-corrected chi connectivity index (χ3v) is 2.74. The van der Waals surface area contributed by atoms with E-state index in [0.717, 1.165) is 12.8 Å². The Morgan fingerprint density at radius 1 is 1.67 bits per heavy atom. The molecule has 12 heavy (non-hydrogen) atoms. The molecule has 0 spiro atoms. The Kier molecular flexibility index (Phi) is 2.55. The van der Waals surface area contributed by atoms with Crippen molar-refractivity contribution >= 4 is 5.97 Å². The van der Waals surface area contributed by atoms with Crippen LogP contribution in [0.15, 0.2) is 12.2 Å². The van der Waals surface area contributed by atoms with Gasteiger partial charge in [0.2, 0.25) is 0 Å². The zero-order valence-electron chi connectivity index (χ0n) is 7.71. The molecule has 1 fully saturated rings. The average Bonchev–Trinajstić information content (AvgIpc) is 2.82. The Balaban J connectivity index is 2.64. The van der Waals surface area contributed by atoms with Crippen LogP contribution in [0.1, 0.15) is 33.1 Å². The smallest absolute Gasteiger partial charge is 0.309 e. The lowest BCUT2D eigenvalue weighted by Crippen LogP contribution is -2.29. The fourth-order valence-electron chi connectivity index (χ4n) is 1.51. The van der Waals surface area contributed by atoms with Crippen LogP contribution in [0.3, 0.4) is 0 Å². The number of hydrogen-bond donors (Lipinski definition) is 1. The van der Waals surface area contributed by atoms with Crippen molar-refractivity contribution in [3.05, 3.63) is 12.2 Å². The molecule has 0 saturated heterocycles. The Bertz CT molecular complexity index is 204. The molecule has 1 atom stereocenters. The summed E-state index contributed by atoms with van der Waals surface area (Å²) in [6, 6.07) is 0. The highest BCUT2D eigenvalue weighted by Gasteiger charge is 2.46. The fourth-order valence-corrected chi connectivity index (χ4v) is 1.51. The van der Waals surface area contributed by atoms with E-state index in [0.29, 0.717) is 12.3 Å². The summed E-state index contributed by atoms with van der Waals surface area (Å²) in [7, 11) is 0. The first-order chi connectivity index (χ1) is 5.61. The third-order valence-electron chi connectivity index (χ3n) is 2.74. The second-order valence-corrected chi connectivity index (χ2v) is 3.77. The monoisotopic (exact) mass is 168 g/mol. The van der Waals surface area contributed by atoms with E-state index in [9.17, 15) is 4.79 Å². The first-order valence-electron chi connectivity index (χ1n) is 4.46. The van der Waals surface area contributed by atoms with Gasteiger partial charge in [-0.25, -0.2) is 0 Å². The fraction of sp³-hybridized carbons (Fsp3) is 0.700. The molecule has 1 saturated carbocycles. The highest BCUT2D eigenvalue weighted by molar-refractivity contribution is 5.75. The summed E-state index contributed by atoms with van der Waals surface area (Å²) >= 11 is 0. The molecule has 0 aromatic rings. The molecule has 2 heteroatoms. The van der Waals surface area contributed by atoms with Crippen LogP contribution in [0.2, 0.25) is 0 Å². The van der Waals surface area contributed by atoms with Gasteiger partial charge >= 0.3 is 5.97 Å². The molecule has 1 aliphatic carbocycles. The van der Waals surface area contributed by atoms with E-state index in [-0.39, 0.29) is 0 Å². The van der Waals surface area contributed by atoms with E-state index >= 15 is 0 Å². The van der Waals surface area contributed by atoms with Gasteiger partial charge in [-0.2, -0.15) is 0 Å². The standard InChI is InChI=1S/C10H16O2/c1-3-4-7-10(2,9(11)12)8-5-6-8/h3-4,8H,5-7H2,1-2H3,(H,11,12)/b4-3+. The summed E-state index contributed by atoms with van der Waals surface area (Å²) in [5.41, 5.74) is -0.507. The minimum Gasteiger partial charge on any atom is -0.481 e. The Morgan fingerprint density at radius 3 is 2.58 bits per heavy atom. The average molecular weight is 168 g/mol. The first-order valence-corrected chi connectivity index (χ1v) is 4.46. The molecule has 1 aliphatic rings. The highest BCUT2D eigenvalue weighted by Crippen LogP contribution is 2.47. The van der Waals surface area contributed by atoms with Crippen LogP contribution in [0.5, 0.6) is 0 Å². The van der Waals surface area contributed by atoms with Gasteiger partial charge in [-0.05, 0) is 39.0 Å². The topological polar surface area (TPSA) is 37.3 Å². The second kappa shape index (κ2) is 3.30. The van der Waals surface area contributed by atoms with Crippen molar-refractivity contribution in [1.29, 1.82) is 0 Å². The van der Waals surface area contributed by atoms with Gasteiger partial charge in [0.25, 0.3) is 0 Å². The van der Waals surface area contributed by atoms with Crippen molar-refractivity contribution in [2.24, 2.45) is 11.3 Å². The Hall–Kier alpha value is -0.790. The number of allylic oxidation sites excluding steroid dienone is 2. The van der Waals surface area contributed by atoms with Crippen molar-refractivity contribution in [2.75, 3.05) is 0 Å². The van der Waals surface area contributed by atoms with Crippen LogP contribution in [-0.4, -0.2) is 11.1 Å². The lowest BCUT2D eigenvalue weighted by Gasteiger charge is -2.22. The summed E-state index contributed by atoms with van der Waals surface area (Å²) in [4.78, 5) is 11.0. The van der Waals surface area contributed by atoms with Crippen LogP contribution in [0.25, 0.3) is 0 Å². The predicted octanol–water partition coefficient (Wildman–Crippen LogP) is 2.45. The molecule has 0 heterocycles. The van der Waals surface area contributed by atoms with Crippen LogP contribution in [0, 0.1) is 11.3 Å². The number of carbonyl (C=O) groups is 1. The minimum absolute atomic E-state index is 0.409. The molecule has 0 aromatic carbocycles. The lowest BCUT2D eigenvalue weighted by molar-refractivity contribution is -0.149. The molecule has 0 aliphatic heterocycles. The van der Waals surface area contributed by atoms with Gasteiger partial charge in [0.05, 0.1) is 5.41 Å². The molecular weight excluding hydrogens is 152 g/mol. The summed E-state index contributed by atoms with van der Waals surface area (Å²) < 4.78 is 0. The van der Waals surface area contributed by atoms with E-state index in [1.165, 1.54) is 0 Å². The summed E-state index contributed by atoms with van der Waals surface area (Å²) in [6.45, 7) is 3.78. The van der Waals surface area contributed by atoms with Gasteiger partial charge in [-0.3, -0.25) is 4.79 Å². The zero-order chi connectivity index (χ0) is 9.19. The van der Waals surface area contributed by atoms with Gasteiger partial charge < -0.3 is 5.11 Å². The summed E-state index contributed by atoms with van der Waals surface area (Å²) in [6.07, 6.45) is 6.71. The predicted molar refractivity (Wildman–Crippen MR) is 47.9 cm³/mol. The van der Waals surface area contributed by atoms with Crippen molar-refractivity contribution in [1.82, 2.24) is 0 Å². The van der Waals surface area contributed by atoms with Gasteiger partial charge in [-0.15, -0.1) is 0 Å². The van der Waals surface area contributed by atoms with E-state index in [1.807, 2.05) is 26.0 Å². The van der Waals surface area contributed by atoms with Crippen LogP contribution >= 0.6 is 0 Å². The molecule has 1 N–H and O–H groups in total. The number of aliphatic carboxylic acids is 1. The molecule has 0 bridgehead atoms. The molecule has 1 rings (SSSR count). The molecule has 68 valence electrons. The molecule has 2 nitrogen and oxygen atoms in total. The number of hydrogen-bond acceptors (Lipinski definition) is 1. The molecule has 0 amide bonds. The Labute approximate surface area is 73.3 Å². The minimum atomic E-state index is -0.650. The van der Waals surface area contributed by atoms with Crippen molar-refractivity contribution < 1.29 is 9.90 Å². The van der Waals surface area contributed by atoms with E-state index in [1.54, 1.807) is 0 Å². The van der Waals surface area contributed by atoms with Crippen LogP contribution < -0.4 is 0 Å². The number of carboxylic acid groups (broad SMARTS) is 1. The number of rotatable bonds is 4. The number of carboxylic acids is 1. The van der Waals surface area contributed by atoms with Crippen LogP contribution in [-0.2, 0) is 4.79 Å². The van der Waals surface area contributed by atoms with Gasteiger partial charge in [0.15, 0.2) is 0 Å². The van der Waals surface area contributed by atoms with E-state index in [4.69, 9.17) is 5.11 Å². The van der Waals surface area contributed by atoms with Gasteiger partial charge in [0.1, 0.15) is 0 Å². The molecule has 1 unspecified atom stereocenters. The van der Waals surface area contributed by atoms with E-state index in [2.05, 4.69) is 0 Å². The van der Waals surface area contributed by atoms with Gasteiger partial charge in [-0.1, -0.05) is 12.2 Å². The maximum Gasteiger partial charge on any atom is 0.309 e. The summed E-state index contributed by atoms with van der Waals surface area (Å²) in [5.74, 6) is -0.241. The maximum atomic E-state index is 11.0. The maximum absolute atomic E-state index is 11.0. The largest absolute Gasteiger partial charge is 0.481 e. The molecule has 0 radical (unpaired) electrons. The quantitative estimate of drug-likeness (QED) is 0.655. The lowest BCUT2D eigenvalue weighted by atomic mass is 9.81. The highest BCUT2D eigenvalue weighted by atomic mass is 16.4. The summed E-state index contributed by atoms with van der Waals surface area (Å²) in [5, 5.41) is 9.04. The zero-order valence-corrected chi connectivity index (χ0v) is 7.71. The first kappa shape index (κ1) is 9.30. The normalized spacial score (nSPS) is 22.5. The Morgan fingerprint density at radius 2 is 2.25 bits per heavy atom. The third kappa shape index (κ3) is 1.68. The van der Waals surface area contributed by atoms with Crippen molar-refractivity contribution in [3.63, 3.8) is 0 Å². The van der Waals surface area contributed by atoms with Crippen molar-refractivity contribution in [3.8, 4) is 0 Å². The van der Waals surface area contributed by atoms with E-state index < -0.39 is 11.4 Å². The SMILES string of the molecule is C/C=C/CC(C)(C(=O)O)C1CC1. The molecular formula is C10H16O2. The second-order valence-electron chi connectivity index (χ2n) is 3.77. The van der Waals surface area contributed by atoms with Crippen LogP contribution in [0.4, 0.5) is 0 Å². The van der Waals surface area contributed by atoms with Crippen molar-refractivity contribution in [2.45, 2.75) is 33.1 Å².